The van der Waals surface area contributed by atoms with Gasteiger partial charge in [0.1, 0.15) is 0 Å². The van der Waals surface area contributed by atoms with Crippen molar-refractivity contribution in [3.05, 3.63) is 29.8 Å². The second-order valence-electron chi connectivity index (χ2n) is 4.41. The van der Waals surface area contributed by atoms with Gasteiger partial charge in [0.2, 0.25) is 0 Å². The number of hydrogen-bond donors (Lipinski definition) is 3. The predicted molar refractivity (Wildman–Crippen MR) is 81.9 cm³/mol. The third-order valence-electron chi connectivity index (χ3n) is 2.97. The zero-order valence-corrected chi connectivity index (χ0v) is 12.6. The molecule has 114 valence electrons. The average Bonchev–Trinajstić information content (AvgIpc) is 2.51. The molecule has 0 aromatic heterocycles. The van der Waals surface area contributed by atoms with Gasteiger partial charge in [-0.3, -0.25) is 0 Å². The van der Waals surface area contributed by atoms with E-state index in [1.54, 1.807) is 12.1 Å². The van der Waals surface area contributed by atoms with Crippen LogP contribution >= 0.6 is 0 Å². The minimum Gasteiger partial charge on any atom is -0.409 e. The van der Waals surface area contributed by atoms with Gasteiger partial charge in [-0.1, -0.05) is 30.1 Å². The number of nitrogens with two attached hydrogens (primary N) is 1. The molecule has 0 radical (unpaired) electrons. The molecular weight excluding hydrogens is 290 g/mol. The summed E-state index contributed by atoms with van der Waals surface area (Å²) in [5, 5.41) is 14.5. The first kappa shape index (κ1) is 17.0. The molecule has 0 saturated carbocycles. The summed E-state index contributed by atoms with van der Waals surface area (Å²) in [5.74, 6) is 2.33. The highest BCUT2D eigenvalue weighted by Gasteiger charge is 2.16. The molecule has 0 aliphatic rings. The molecule has 21 heavy (non-hydrogen) atoms. The Balaban J connectivity index is 2.82. The maximum atomic E-state index is 12.2. The molecule has 4 N–H and O–H groups in total. The molecule has 0 fully saturated rings. The standard InChI is InChI=1S/C14H19N3O3S/c1-3-12(4-2)16-8-9-21(19,20)13-7-5-6-11(10-13)14(15)17-18/h1,5-7,10,12,16,18H,4,8-9H2,2H3,(H2,15,17). The summed E-state index contributed by atoms with van der Waals surface area (Å²) in [4.78, 5) is 0.127. The quantitative estimate of drug-likeness (QED) is 0.224. The Bertz CT molecular complexity index is 648. The van der Waals surface area contributed by atoms with E-state index in [1.165, 1.54) is 12.1 Å². The predicted octanol–water partition coefficient (Wildman–Crippen LogP) is 0.556. The molecule has 1 unspecified atom stereocenters. The second-order valence-corrected chi connectivity index (χ2v) is 6.52. The Hall–Kier alpha value is -2.04. The van der Waals surface area contributed by atoms with Crippen LogP contribution in [0.15, 0.2) is 34.3 Å². The molecule has 1 aromatic carbocycles. The molecular formula is C14H19N3O3S. The Labute approximate surface area is 125 Å². The zero-order chi connectivity index (χ0) is 15.9. The van der Waals surface area contributed by atoms with Crippen molar-refractivity contribution in [1.82, 2.24) is 5.32 Å². The number of nitrogens with zero attached hydrogens (tertiary/aromatic N) is 1. The van der Waals surface area contributed by atoms with E-state index in [0.29, 0.717) is 5.56 Å². The van der Waals surface area contributed by atoms with Gasteiger partial charge in [0.05, 0.1) is 16.7 Å². The van der Waals surface area contributed by atoms with E-state index in [2.05, 4.69) is 16.4 Å². The first-order valence-electron chi connectivity index (χ1n) is 6.44. The SMILES string of the molecule is C#CC(CC)NCCS(=O)(=O)c1cccc(/C(N)=N/O)c1. The highest BCUT2D eigenvalue weighted by Crippen LogP contribution is 2.13. The summed E-state index contributed by atoms with van der Waals surface area (Å²) < 4.78 is 24.4. The van der Waals surface area contributed by atoms with Gasteiger partial charge in [-0.25, -0.2) is 8.42 Å². The van der Waals surface area contributed by atoms with Crippen molar-refractivity contribution in [2.45, 2.75) is 24.3 Å². The molecule has 0 heterocycles. The molecule has 0 saturated heterocycles. The lowest BCUT2D eigenvalue weighted by Crippen LogP contribution is -2.31. The van der Waals surface area contributed by atoms with Gasteiger partial charge in [-0.2, -0.15) is 0 Å². The Morgan fingerprint density at radius 1 is 1.57 bits per heavy atom. The molecule has 6 nitrogen and oxygen atoms in total. The van der Waals surface area contributed by atoms with Gasteiger partial charge >= 0.3 is 0 Å². The lowest BCUT2D eigenvalue weighted by atomic mass is 10.2. The van der Waals surface area contributed by atoms with Crippen LogP contribution in [-0.4, -0.2) is 37.8 Å². The molecule has 0 bridgehead atoms. The van der Waals surface area contributed by atoms with Gasteiger partial charge in [0, 0.05) is 12.1 Å². The van der Waals surface area contributed by atoms with Crippen LogP contribution < -0.4 is 11.1 Å². The maximum absolute atomic E-state index is 12.2. The second kappa shape index (κ2) is 7.67. The largest absolute Gasteiger partial charge is 0.409 e. The van der Waals surface area contributed by atoms with E-state index in [1.807, 2.05) is 6.92 Å². The van der Waals surface area contributed by atoms with Crippen LogP contribution in [0.25, 0.3) is 0 Å². The van der Waals surface area contributed by atoms with Crippen molar-refractivity contribution in [2.24, 2.45) is 10.9 Å². The summed E-state index contributed by atoms with van der Waals surface area (Å²) in [6.07, 6.45) is 6.03. The Morgan fingerprint density at radius 3 is 2.86 bits per heavy atom. The monoisotopic (exact) mass is 309 g/mol. The van der Waals surface area contributed by atoms with E-state index < -0.39 is 9.84 Å². The van der Waals surface area contributed by atoms with Crippen LogP contribution in [0.5, 0.6) is 0 Å². The van der Waals surface area contributed by atoms with Gasteiger partial charge in [-0.05, 0) is 18.6 Å². The van der Waals surface area contributed by atoms with Crippen LogP contribution in [0.4, 0.5) is 0 Å². The topological polar surface area (TPSA) is 105 Å². The van der Waals surface area contributed by atoms with Crippen LogP contribution in [0, 0.1) is 12.3 Å². The fraction of sp³-hybridized carbons (Fsp3) is 0.357. The summed E-state index contributed by atoms with van der Waals surface area (Å²) in [5.41, 5.74) is 5.80. The number of sulfone groups is 1. The van der Waals surface area contributed by atoms with Crippen molar-refractivity contribution in [3.8, 4) is 12.3 Å². The number of benzene rings is 1. The van der Waals surface area contributed by atoms with Crippen LogP contribution in [0.1, 0.15) is 18.9 Å². The summed E-state index contributed by atoms with van der Waals surface area (Å²) >= 11 is 0. The van der Waals surface area contributed by atoms with Crippen molar-refractivity contribution in [1.29, 1.82) is 0 Å². The first-order chi connectivity index (χ1) is 9.94. The normalized spacial score (nSPS) is 13.6. The lowest BCUT2D eigenvalue weighted by Gasteiger charge is -2.11. The molecule has 7 heteroatoms. The van der Waals surface area contributed by atoms with Gasteiger partial charge in [0.25, 0.3) is 0 Å². The number of rotatable bonds is 7. The van der Waals surface area contributed by atoms with E-state index in [9.17, 15) is 8.42 Å². The van der Waals surface area contributed by atoms with Gasteiger partial charge < -0.3 is 16.3 Å². The Morgan fingerprint density at radius 2 is 2.29 bits per heavy atom. The molecule has 1 atom stereocenters. The van der Waals surface area contributed by atoms with Crippen molar-refractivity contribution < 1.29 is 13.6 Å². The molecule has 0 spiro atoms. The van der Waals surface area contributed by atoms with Gasteiger partial charge in [0.15, 0.2) is 15.7 Å². The van der Waals surface area contributed by atoms with Crippen molar-refractivity contribution in [2.75, 3.05) is 12.3 Å². The number of terminal acetylenes is 1. The summed E-state index contributed by atoms with van der Waals surface area (Å²) in [6, 6.07) is 5.83. The average molecular weight is 309 g/mol. The molecule has 0 aliphatic heterocycles. The van der Waals surface area contributed by atoms with E-state index >= 15 is 0 Å². The smallest absolute Gasteiger partial charge is 0.179 e. The van der Waals surface area contributed by atoms with Crippen LogP contribution in [0.3, 0.4) is 0 Å². The number of nitrogens with one attached hydrogen (secondary N) is 1. The van der Waals surface area contributed by atoms with Crippen LogP contribution in [-0.2, 0) is 9.84 Å². The number of amidine groups is 1. The molecule has 0 amide bonds. The maximum Gasteiger partial charge on any atom is 0.179 e. The van der Waals surface area contributed by atoms with Crippen molar-refractivity contribution >= 4 is 15.7 Å². The lowest BCUT2D eigenvalue weighted by molar-refractivity contribution is 0.318. The fourth-order valence-electron chi connectivity index (χ4n) is 1.71. The first-order valence-corrected chi connectivity index (χ1v) is 8.10. The zero-order valence-electron chi connectivity index (χ0n) is 11.8. The molecule has 1 rings (SSSR count). The number of hydrogen-bond acceptors (Lipinski definition) is 5. The fourth-order valence-corrected chi connectivity index (χ4v) is 2.93. The Kier molecular flexibility index (Phi) is 6.21. The van der Waals surface area contributed by atoms with E-state index in [0.717, 1.165) is 6.42 Å². The molecule has 0 aliphatic carbocycles. The highest BCUT2D eigenvalue weighted by molar-refractivity contribution is 7.91. The number of oxime groups is 1. The summed E-state index contributed by atoms with van der Waals surface area (Å²) in [6.45, 7) is 2.19. The van der Waals surface area contributed by atoms with Crippen LogP contribution in [0.2, 0.25) is 0 Å². The minimum absolute atomic E-state index is 0.0786. The highest BCUT2D eigenvalue weighted by atomic mass is 32.2. The van der Waals surface area contributed by atoms with E-state index in [-0.39, 0.29) is 29.1 Å². The third-order valence-corrected chi connectivity index (χ3v) is 4.68. The summed E-state index contributed by atoms with van der Waals surface area (Å²) in [7, 11) is -3.46. The molecule has 1 aromatic rings. The van der Waals surface area contributed by atoms with Crippen molar-refractivity contribution in [3.63, 3.8) is 0 Å². The van der Waals surface area contributed by atoms with Gasteiger partial charge in [-0.15, -0.1) is 6.42 Å². The van der Waals surface area contributed by atoms with E-state index in [4.69, 9.17) is 17.4 Å². The minimum atomic E-state index is -3.46. The third kappa shape index (κ3) is 4.77.